The fraction of sp³-hybridized carbons (Fsp3) is 0.176. The molecule has 2 unspecified atom stereocenters. The second-order valence-corrected chi connectivity index (χ2v) is 5.30. The largest absolute Gasteiger partial charge is 0.481 e. The first kappa shape index (κ1) is 14.1. The normalized spacial score (nSPS) is 23.6. The number of nitrogens with zero attached hydrogens (tertiary/aromatic N) is 1. The van der Waals surface area contributed by atoms with E-state index in [1.807, 2.05) is 6.07 Å². The third kappa shape index (κ3) is 2.01. The van der Waals surface area contributed by atoms with E-state index in [0.29, 0.717) is 22.3 Å². The zero-order valence-electron chi connectivity index (χ0n) is 11.8. The van der Waals surface area contributed by atoms with Crippen molar-refractivity contribution in [2.75, 3.05) is 0 Å². The zero-order chi connectivity index (χ0) is 15.9. The molecule has 1 aliphatic rings. The van der Waals surface area contributed by atoms with Crippen LogP contribution >= 0.6 is 0 Å². The topological polar surface area (TPSA) is 94.5 Å². The maximum Gasteiger partial charge on any atom is 0.314 e. The van der Waals surface area contributed by atoms with Crippen molar-refractivity contribution in [2.45, 2.75) is 12.5 Å². The predicted molar refractivity (Wildman–Crippen MR) is 79.0 cm³/mol. The van der Waals surface area contributed by atoms with Gasteiger partial charge in [0.25, 0.3) is 0 Å². The van der Waals surface area contributed by atoms with Gasteiger partial charge in [-0.2, -0.15) is 5.26 Å². The number of hydrogen-bond acceptors (Lipinski definition) is 4. The Bertz CT molecular complexity index is 869. The predicted octanol–water partition coefficient (Wildman–Crippen LogP) is 2.63. The van der Waals surface area contributed by atoms with Crippen molar-refractivity contribution in [3.05, 3.63) is 59.4 Å². The number of carboxylic acid groups (broad SMARTS) is 1. The molecule has 2 aromatic rings. The molecule has 0 bridgehead atoms. The smallest absolute Gasteiger partial charge is 0.314 e. The van der Waals surface area contributed by atoms with Gasteiger partial charge in [-0.1, -0.05) is 18.2 Å². The SMILES string of the molecule is Cc1cc2cc(C#N)cc(C3(O)C=CC=CC3C(=O)O)c2o1. The van der Waals surface area contributed by atoms with Gasteiger partial charge in [0.1, 0.15) is 22.9 Å². The second kappa shape index (κ2) is 4.86. The molecule has 5 heteroatoms. The number of aliphatic carboxylic acids is 1. The molecule has 0 fully saturated rings. The summed E-state index contributed by atoms with van der Waals surface area (Å²) in [6, 6.07) is 6.90. The quantitative estimate of drug-likeness (QED) is 0.888. The standard InChI is InChI=1S/C17H13NO4/c1-10-6-12-7-11(9-18)8-14(15(12)22-10)17(21)5-3-2-4-13(17)16(19)20/h2-8,13,21H,1H3,(H,19,20). The Morgan fingerprint density at radius 1 is 1.36 bits per heavy atom. The molecule has 2 N–H and O–H groups in total. The third-order valence-electron chi connectivity index (χ3n) is 3.81. The Morgan fingerprint density at radius 3 is 2.82 bits per heavy atom. The highest BCUT2D eigenvalue weighted by atomic mass is 16.4. The van der Waals surface area contributed by atoms with Gasteiger partial charge >= 0.3 is 5.97 Å². The number of hydrogen-bond donors (Lipinski definition) is 2. The fourth-order valence-electron chi connectivity index (χ4n) is 2.80. The number of nitriles is 1. The van der Waals surface area contributed by atoms with Gasteiger partial charge < -0.3 is 14.6 Å². The maximum absolute atomic E-state index is 11.5. The number of aryl methyl sites for hydroxylation is 1. The minimum Gasteiger partial charge on any atom is -0.481 e. The minimum atomic E-state index is -1.77. The minimum absolute atomic E-state index is 0.280. The van der Waals surface area contributed by atoms with Crippen molar-refractivity contribution in [1.29, 1.82) is 5.26 Å². The molecule has 1 aromatic carbocycles. The molecule has 110 valence electrons. The molecule has 0 radical (unpaired) electrons. The summed E-state index contributed by atoms with van der Waals surface area (Å²) in [4.78, 5) is 11.5. The summed E-state index contributed by atoms with van der Waals surface area (Å²) in [7, 11) is 0. The summed E-state index contributed by atoms with van der Waals surface area (Å²) in [6.07, 6.45) is 5.99. The van der Waals surface area contributed by atoms with Gasteiger partial charge in [-0.3, -0.25) is 4.79 Å². The first-order valence-electron chi connectivity index (χ1n) is 6.71. The number of benzene rings is 1. The van der Waals surface area contributed by atoms with Crippen molar-refractivity contribution in [2.24, 2.45) is 5.92 Å². The molecule has 5 nitrogen and oxygen atoms in total. The van der Waals surface area contributed by atoms with E-state index in [-0.39, 0.29) is 5.56 Å². The molecular formula is C17H13NO4. The Balaban J connectivity index is 2.32. The van der Waals surface area contributed by atoms with E-state index < -0.39 is 17.5 Å². The molecule has 0 amide bonds. The lowest BCUT2D eigenvalue weighted by molar-refractivity contribution is -0.146. The van der Waals surface area contributed by atoms with E-state index in [2.05, 4.69) is 0 Å². The van der Waals surface area contributed by atoms with E-state index in [4.69, 9.17) is 4.42 Å². The van der Waals surface area contributed by atoms with Crippen LogP contribution in [-0.4, -0.2) is 16.2 Å². The molecule has 0 saturated carbocycles. The average molecular weight is 295 g/mol. The van der Waals surface area contributed by atoms with Crippen LogP contribution in [0.5, 0.6) is 0 Å². The molecule has 0 spiro atoms. The summed E-state index contributed by atoms with van der Waals surface area (Å²) in [5.41, 5.74) is -0.757. The molecule has 22 heavy (non-hydrogen) atoms. The lowest BCUT2D eigenvalue weighted by Gasteiger charge is -2.31. The van der Waals surface area contributed by atoms with Gasteiger partial charge in [0.05, 0.1) is 11.6 Å². The molecule has 0 aliphatic heterocycles. The van der Waals surface area contributed by atoms with Crippen molar-refractivity contribution in [1.82, 2.24) is 0 Å². The number of carbonyl (C=O) groups is 1. The highest BCUT2D eigenvalue weighted by Gasteiger charge is 2.42. The first-order valence-corrected chi connectivity index (χ1v) is 6.71. The number of furan rings is 1. The van der Waals surface area contributed by atoms with Crippen LogP contribution < -0.4 is 0 Å². The van der Waals surface area contributed by atoms with E-state index in [1.54, 1.807) is 31.2 Å². The van der Waals surface area contributed by atoms with Gasteiger partial charge in [0.15, 0.2) is 0 Å². The van der Waals surface area contributed by atoms with E-state index in [1.165, 1.54) is 18.2 Å². The Kier molecular flexibility index (Phi) is 3.12. The van der Waals surface area contributed by atoms with Gasteiger partial charge in [0, 0.05) is 10.9 Å². The summed E-state index contributed by atoms with van der Waals surface area (Å²) < 4.78 is 5.62. The van der Waals surface area contributed by atoms with Crippen LogP contribution in [0.25, 0.3) is 11.0 Å². The van der Waals surface area contributed by atoms with Crippen LogP contribution in [0.1, 0.15) is 16.9 Å². The number of aliphatic hydroxyl groups is 1. The van der Waals surface area contributed by atoms with Crippen molar-refractivity contribution >= 4 is 16.9 Å². The van der Waals surface area contributed by atoms with Gasteiger partial charge in [0.2, 0.25) is 0 Å². The number of allylic oxidation sites excluding steroid dienone is 2. The van der Waals surface area contributed by atoms with E-state index in [9.17, 15) is 20.3 Å². The monoisotopic (exact) mass is 295 g/mol. The van der Waals surface area contributed by atoms with Crippen LogP contribution in [0, 0.1) is 24.2 Å². The summed E-state index contributed by atoms with van der Waals surface area (Å²) in [5.74, 6) is -1.68. The fourth-order valence-corrected chi connectivity index (χ4v) is 2.80. The summed E-state index contributed by atoms with van der Waals surface area (Å²) >= 11 is 0. The first-order chi connectivity index (χ1) is 10.5. The van der Waals surface area contributed by atoms with Crippen molar-refractivity contribution in [3.63, 3.8) is 0 Å². The lowest BCUT2D eigenvalue weighted by Crippen LogP contribution is -2.38. The molecular weight excluding hydrogens is 282 g/mol. The molecule has 2 atom stereocenters. The van der Waals surface area contributed by atoms with Crippen LogP contribution in [0.2, 0.25) is 0 Å². The van der Waals surface area contributed by atoms with Crippen molar-refractivity contribution in [3.8, 4) is 6.07 Å². The summed E-state index contributed by atoms with van der Waals surface area (Å²) in [6.45, 7) is 1.76. The molecule has 0 saturated heterocycles. The highest BCUT2D eigenvalue weighted by Crippen LogP contribution is 2.40. The van der Waals surface area contributed by atoms with Crippen LogP contribution in [0.15, 0.2) is 46.9 Å². The Morgan fingerprint density at radius 2 is 2.14 bits per heavy atom. The second-order valence-electron chi connectivity index (χ2n) is 5.30. The van der Waals surface area contributed by atoms with Gasteiger partial charge in [-0.15, -0.1) is 0 Å². The van der Waals surface area contributed by atoms with Gasteiger partial charge in [-0.05, 0) is 31.2 Å². The Labute approximate surface area is 126 Å². The lowest BCUT2D eigenvalue weighted by atomic mass is 9.77. The highest BCUT2D eigenvalue weighted by molar-refractivity contribution is 5.86. The van der Waals surface area contributed by atoms with Crippen LogP contribution in [-0.2, 0) is 10.4 Å². The number of rotatable bonds is 2. The molecule has 1 aliphatic carbocycles. The summed E-state index contributed by atoms with van der Waals surface area (Å²) in [5, 5.41) is 30.2. The van der Waals surface area contributed by atoms with E-state index in [0.717, 1.165) is 0 Å². The average Bonchev–Trinajstić information content (AvgIpc) is 2.86. The third-order valence-corrected chi connectivity index (χ3v) is 3.81. The molecule has 1 heterocycles. The van der Waals surface area contributed by atoms with Crippen LogP contribution in [0.4, 0.5) is 0 Å². The van der Waals surface area contributed by atoms with Crippen LogP contribution in [0.3, 0.4) is 0 Å². The Hall–Kier alpha value is -2.84. The molecule has 3 rings (SSSR count). The zero-order valence-corrected chi connectivity index (χ0v) is 11.8. The van der Waals surface area contributed by atoms with E-state index >= 15 is 0 Å². The maximum atomic E-state index is 11.5. The molecule has 1 aromatic heterocycles. The van der Waals surface area contributed by atoms with Gasteiger partial charge in [-0.25, -0.2) is 0 Å². The number of fused-ring (bicyclic) bond motifs is 1. The number of carboxylic acids is 1. The van der Waals surface area contributed by atoms with Crippen molar-refractivity contribution < 1.29 is 19.4 Å².